The van der Waals surface area contributed by atoms with Crippen molar-refractivity contribution in [2.24, 2.45) is 5.92 Å². The molecular weight excluding hydrogens is 366 g/mol. The highest BCUT2D eigenvalue weighted by Crippen LogP contribution is 2.29. The average Bonchev–Trinajstić information content (AvgIpc) is 3.31. The Labute approximate surface area is 159 Å². The zero-order valence-electron chi connectivity index (χ0n) is 13.9. The van der Waals surface area contributed by atoms with Gasteiger partial charge in [-0.1, -0.05) is 24.3 Å². The van der Waals surface area contributed by atoms with E-state index in [1.165, 1.54) is 11.3 Å². The highest BCUT2D eigenvalue weighted by molar-refractivity contribution is 7.16. The monoisotopic (exact) mass is 383 g/mol. The number of aromatic nitrogens is 1. The first-order chi connectivity index (χ1) is 12.7. The number of rotatable bonds is 5. The fourth-order valence-corrected chi connectivity index (χ4v) is 4.49. The van der Waals surface area contributed by atoms with E-state index in [4.69, 9.17) is 0 Å². The van der Waals surface area contributed by atoms with E-state index in [0.717, 1.165) is 21.8 Å². The van der Waals surface area contributed by atoms with Gasteiger partial charge in [-0.15, -0.1) is 22.7 Å². The topological polar surface area (TPSA) is 71.1 Å². The van der Waals surface area contributed by atoms with Crippen molar-refractivity contribution >= 4 is 45.3 Å². The van der Waals surface area contributed by atoms with Crippen LogP contribution in [-0.4, -0.2) is 16.8 Å². The van der Waals surface area contributed by atoms with E-state index in [1.54, 1.807) is 11.3 Å². The Morgan fingerprint density at radius 1 is 1.23 bits per heavy atom. The number of hydrogen-bond acceptors (Lipinski definition) is 5. The summed E-state index contributed by atoms with van der Waals surface area (Å²) in [6.07, 6.45) is 1.50. The van der Waals surface area contributed by atoms with Gasteiger partial charge in [-0.2, -0.15) is 0 Å². The van der Waals surface area contributed by atoms with Crippen LogP contribution in [0.3, 0.4) is 0 Å². The molecule has 0 saturated carbocycles. The van der Waals surface area contributed by atoms with Crippen LogP contribution in [0.25, 0.3) is 10.6 Å². The number of anilines is 2. The molecule has 26 heavy (non-hydrogen) atoms. The number of hydrogen-bond donors (Lipinski definition) is 2. The van der Waals surface area contributed by atoms with Crippen LogP contribution in [-0.2, 0) is 16.0 Å². The van der Waals surface area contributed by atoms with Gasteiger partial charge in [0.2, 0.25) is 11.8 Å². The normalized spacial score (nSPS) is 16.0. The quantitative estimate of drug-likeness (QED) is 0.686. The Morgan fingerprint density at radius 3 is 2.96 bits per heavy atom. The third-order valence-corrected chi connectivity index (χ3v) is 6.01. The van der Waals surface area contributed by atoms with E-state index >= 15 is 0 Å². The molecule has 3 aromatic rings. The number of para-hydroxylation sites is 1. The number of fused-ring (bicyclic) bond motifs is 1. The SMILES string of the molecule is O=C(CCC1Cc2ccccc2NC1=O)Nc1nc(-c2cccs2)cs1. The van der Waals surface area contributed by atoms with Gasteiger partial charge >= 0.3 is 0 Å². The zero-order valence-corrected chi connectivity index (χ0v) is 15.5. The molecule has 2 amide bonds. The molecule has 0 spiro atoms. The Kier molecular flexibility index (Phi) is 4.81. The maximum atomic E-state index is 12.2. The number of benzene rings is 1. The maximum absolute atomic E-state index is 12.2. The largest absolute Gasteiger partial charge is 0.326 e. The fraction of sp³-hybridized carbons (Fsp3) is 0.211. The summed E-state index contributed by atoms with van der Waals surface area (Å²) in [4.78, 5) is 30.0. The lowest BCUT2D eigenvalue weighted by Crippen LogP contribution is -2.30. The van der Waals surface area contributed by atoms with Crippen LogP contribution in [0.5, 0.6) is 0 Å². The highest BCUT2D eigenvalue weighted by atomic mass is 32.1. The molecule has 5 nitrogen and oxygen atoms in total. The van der Waals surface area contributed by atoms with E-state index in [9.17, 15) is 9.59 Å². The van der Waals surface area contributed by atoms with Crippen molar-refractivity contribution in [2.45, 2.75) is 19.3 Å². The van der Waals surface area contributed by atoms with Crippen LogP contribution in [0.2, 0.25) is 0 Å². The standard InChI is InChI=1S/C19H17N3O2S2/c23-17(22-19-21-15(11-26-19)16-6-3-9-25-16)8-7-13-10-12-4-1-2-5-14(12)20-18(13)24/h1-6,9,11,13H,7-8,10H2,(H,20,24)(H,21,22,23). The number of amides is 2. The van der Waals surface area contributed by atoms with Crippen molar-refractivity contribution in [1.29, 1.82) is 0 Å². The molecule has 0 bridgehead atoms. The second kappa shape index (κ2) is 7.39. The van der Waals surface area contributed by atoms with Gasteiger partial charge in [0.05, 0.1) is 10.6 Å². The summed E-state index contributed by atoms with van der Waals surface area (Å²) in [5.74, 6) is -0.289. The van der Waals surface area contributed by atoms with Crippen molar-refractivity contribution in [2.75, 3.05) is 10.6 Å². The Morgan fingerprint density at radius 2 is 2.12 bits per heavy atom. The number of nitrogens with zero attached hydrogens (tertiary/aromatic N) is 1. The van der Waals surface area contributed by atoms with Crippen LogP contribution in [0.1, 0.15) is 18.4 Å². The van der Waals surface area contributed by atoms with Gasteiger partial charge in [0, 0.05) is 23.4 Å². The summed E-state index contributed by atoms with van der Waals surface area (Å²) in [7, 11) is 0. The predicted molar refractivity (Wildman–Crippen MR) is 106 cm³/mol. The van der Waals surface area contributed by atoms with Crippen molar-refractivity contribution < 1.29 is 9.59 Å². The van der Waals surface area contributed by atoms with E-state index < -0.39 is 0 Å². The molecule has 132 valence electrons. The average molecular weight is 383 g/mol. The zero-order chi connectivity index (χ0) is 17.9. The van der Waals surface area contributed by atoms with Crippen molar-refractivity contribution in [3.8, 4) is 10.6 Å². The molecule has 1 atom stereocenters. The highest BCUT2D eigenvalue weighted by Gasteiger charge is 2.26. The lowest BCUT2D eigenvalue weighted by atomic mass is 9.89. The number of carbonyl (C=O) groups excluding carboxylic acids is 2. The van der Waals surface area contributed by atoms with Crippen LogP contribution in [0.4, 0.5) is 10.8 Å². The van der Waals surface area contributed by atoms with Gasteiger partial charge < -0.3 is 10.6 Å². The molecule has 0 saturated heterocycles. The predicted octanol–water partition coefficient (Wildman–Crippen LogP) is 4.40. The van der Waals surface area contributed by atoms with Crippen LogP contribution in [0.15, 0.2) is 47.2 Å². The lowest BCUT2D eigenvalue weighted by Gasteiger charge is -2.24. The number of carbonyl (C=O) groups is 2. The molecule has 3 heterocycles. The lowest BCUT2D eigenvalue weighted by molar-refractivity contribution is -0.121. The number of nitrogens with one attached hydrogen (secondary N) is 2. The summed E-state index contributed by atoms with van der Waals surface area (Å²) >= 11 is 3.03. The van der Waals surface area contributed by atoms with Gasteiger partial charge in [0.15, 0.2) is 5.13 Å². The Hall–Kier alpha value is -2.51. The van der Waals surface area contributed by atoms with Gasteiger partial charge in [-0.3, -0.25) is 9.59 Å². The third kappa shape index (κ3) is 3.68. The van der Waals surface area contributed by atoms with Crippen LogP contribution >= 0.6 is 22.7 Å². The first-order valence-electron chi connectivity index (χ1n) is 8.37. The second-order valence-corrected chi connectivity index (χ2v) is 7.96. The molecule has 0 aliphatic carbocycles. The van der Waals surface area contributed by atoms with Crippen molar-refractivity contribution in [3.05, 3.63) is 52.7 Å². The number of thiophene rings is 1. The molecule has 2 N–H and O–H groups in total. The Balaban J connectivity index is 1.32. The maximum Gasteiger partial charge on any atom is 0.227 e. The molecule has 1 aliphatic rings. The Bertz CT molecular complexity index is 934. The van der Waals surface area contributed by atoms with E-state index in [1.807, 2.05) is 47.2 Å². The summed E-state index contributed by atoms with van der Waals surface area (Å²) in [5.41, 5.74) is 2.88. The molecule has 2 aromatic heterocycles. The minimum atomic E-state index is -0.173. The van der Waals surface area contributed by atoms with Crippen molar-refractivity contribution in [3.63, 3.8) is 0 Å². The van der Waals surface area contributed by atoms with Gasteiger partial charge in [-0.05, 0) is 35.9 Å². The van der Waals surface area contributed by atoms with E-state index in [-0.39, 0.29) is 17.7 Å². The van der Waals surface area contributed by atoms with Gasteiger partial charge in [-0.25, -0.2) is 4.98 Å². The summed E-state index contributed by atoms with van der Waals surface area (Å²) in [6.45, 7) is 0. The fourth-order valence-electron chi connectivity index (χ4n) is 3.00. The van der Waals surface area contributed by atoms with Crippen molar-refractivity contribution in [1.82, 2.24) is 4.98 Å². The first kappa shape index (κ1) is 16.9. The molecule has 0 fully saturated rings. The molecule has 0 radical (unpaired) electrons. The molecule has 1 unspecified atom stereocenters. The summed E-state index contributed by atoms with van der Waals surface area (Å²) in [5, 5.41) is 10.3. The molecular formula is C19H17N3O2S2. The first-order valence-corrected chi connectivity index (χ1v) is 10.1. The summed E-state index contributed by atoms with van der Waals surface area (Å²) < 4.78 is 0. The minimum Gasteiger partial charge on any atom is -0.326 e. The van der Waals surface area contributed by atoms with Crippen LogP contribution < -0.4 is 10.6 Å². The summed E-state index contributed by atoms with van der Waals surface area (Å²) in [6, 6.07) is 11.8. The number of thiazole rings is 1. The van der Waals surface area contributed by atoms with Gasteiger partial charge in [0.25, 0.3) is 0 Å². The van der Waals surface area contributed by atoms with Gasteiger partial charge in [0.1, 0.15) is 0 Å². The molecule has 1 aliphatic heterocycles. The third-order valence-electron chi connectivity index (χ3n) is 4.36. The molecule has 7 heteroatoms. The van der Waals surface area contributed by atoms with Crippen LogP contribution in [0, 0.1) is 5.92 Å². The molecule has 4 rings (SSSR count). The smallest absolute Gasteiger partial charge is 0.227 e. The molecule has 1 aromatic carbocycles. The second-order valence-electron chi connectivity index (χ2n) is 6.15. The van der Waals surface area contributed by atoms with E-state index in [0.29, 0.717) is 24.4 Å². The van der Waals surface area contributed by atoms with E-state index in [2.05, 4.69) is 15.6 Å². The minimum absolute atomic E-state index is 0.00858.